The third kappa shape index (κ3) is 3.13. The number of hydrogen-bond acceptors (Lipinski definition) is 7. The molecule has 0 amide bonds. The van der Waals surface area contributed by atoms with Crippen LogP contribution in [-0.4, -0.2) is 38.0 Å². The first-order valence-corrected chi connectivity index (χ1v) is 8.37. The molecule has 9 nitrogen and oxygen atoms in total. The monoisotopic (exact) mass is 365 g/mol. The number of anilines is 1. The van der Waals surface area contributed by atoms with Crippen LogP contribution in [0.15, 0.2) is 18.5 Å². The Bertz CT molecular complexity index is 1040. The van der Waals surface area contributed by atoms with Gasteiger partial charge in [0.05, 0.1) is 25.2 Å². The second kappa shape index (κ2) is 7.29. The molecule has 3 rings (SSSR count). The maximum Gasteiger partial charge on any atom is 0.356 e. The summed E-state index contributed by atoms with van der Waals surface area (Å²) in [5, 5.41) is 20.4. The molecule has 138 valence electrons. The number of nitrogens with two attached hydrogens (primary N) is 1. The van der Waals surface area contributed by atoms with E-state index >= 15 is 0 Å². The fraction of sp³-hybridized carbons (Fsp3) is 0.278. The smallest absolute Gasteiger partial charge is 0.356 e. The van der Waals surface area contributed by atoms with E-state index in [1.165, 1.54) is 13.3 Å². The predicted octanol–water partition coefficient (Wildman–Crippen LogP) is 2.29. The lowest BCUT2D eigenvalue weighted by atomic mass is 9.99. The number of nitriles is 1. The lowest BCUT2D eigenvalue weighted by Crippen LogP contribution is -2.06. The number of hydrogen-bond donors (Lipinski definition) is 2. The van der Waals surface area contributed by atoms with Gasteiger partial charge >= 0.3 is 5.97 Å². The number of methoxy groups -OCH3 is 1. The third-order valence-electron chi connectivity index (χ3n) is 4.29. The molecule has 0 atom stereocenters. The molecule has 27 heavy (non-hydrogen) atoms. The van der Waals surface area contributed by atoms with Gasteiger partial charge in [-0.15, -0.1) is 0 Å². The fourth-order valence-corrected chi connectivity index (χ4v) is 2.92. The molecule has 0 saturated carbocycles. The Morgan fingerprint density at radius 1 is 1.37 bits per heavy atom. The van der Waals surface area contributed by atoms with E-state index in [9.17, 15) is 10.1 Å². The van der Waals surface area contributed by atoms with Gasteiger partial charge in [-0.25, -0.2) is 9.78 Å². The van der Waals surface area contributed by atoms with E-state index in [0.717, 1.165) is 24.2 Å². The molecule has 3 N–H and O–H groups in total. The van der Waals surface area contributed by atoms with Crippen LogP contribution in [-0.2, 0) is 11.3 Å². The van der Waals surface area contributed by atoms with Gasteiger partial charge in [-0.3, -0.25) is 9.78 Å². The van der Waals surface area contributed by atoms with E-state index in [2.05, 4.69) is 33.3 Å². The summed E-state index contributed by atoms with van der Waals surface area (Å²) in [6, 6.07) is 3.77. The summed E-state index contributed by atoms with van der Waals surface area (Å²) in [6.45, 7) is 4.81. The molecule has 3 aromatic heterocycles. The van der Waals surface area contributed by atoms with Crippen molar-refractivity contribution in [3.8, 4) is 28.5 Å². The van der Waals surface area contributed by atoms with Crippen molar-refractivity contribution in [3.05, 3.63) is 35.4 Å². The molecule has 0 aliphatic heterocycles. The number of nitrogen functional groups attached to an aromatic ring is 1. The van der Waals surface area contributed by atoms with Crippen LogP contribution in [0.3, 0.4) is 0 Å². The van der Waals surface area contributed by atoms with Crippen molar-refractivity contribution in [2.45, 2.75) is 26.8 Å². The van der Waals surface area contributed by atoms with E-state index in [0.29, 0.717) is 16.8 Å². The number of H-pyrrole nitrogens is 1. The summed E-state index contributed by atoms with van der Waals surface area (Å²) in [6.07, 6.45) is 4.13. The van der Waals surface area contributed by atoms with Crippen LogP contribution in [0.5, 0.6) is 0 Å². The van der Waals surface area contributed by atoms with Crippen molar-refractivity contribution in [1.29, 1.82) is 5.26 Å². The number of ether oxygens (including phenoxy) is 1. The molecule has 3 heterocycles. The maximum atomic E-state index is 12.0. The molecule has 0 fully saturated rings. The zero-order valence-corrected chi connectivity index (χ0v) is 15.3. The van der Waals surface area contributed by atoms with Gasteiger partial charge in [0.2, 0.25) is 0 Å². The number of esters is 1. The number of carbonyl (C=O) groups is 1. The largest absolute Gasteiger partial charge is 0.464 e. The predicted molar refractivity (Wildman–Crippen MR) is 98.5 cm³/mol. The molecule has 0 aliphatic carbocycles. The van der Waals surface area contributed by atoms with Gasteiger partial charge < -0.3 is 10.5 Å². The van der Waals surface area contributed by atoms with Gasteiger partial charge in [-0.2, -0.15) is 15.5 Å². The SMILES string of the molecule is CCCn1ncc(-c2cc(-c3cn[nH]c3C(=O)OC)c(C#N)c(N)n2)c1C. The Morgan fingerprint density at radius 2 is 2.15 bits per heavy atom. The van der Waals surface area contributed by atoms with Crippen molar-refractivity contribution >= 4 is 11.8 Å². The van der Waals surface area contributed by atoms with Crippen LogP contribution >= 0.6 is 0 Å². The Hall–Kier alpha value is -3.67. The molecule has 3 aromatic rings. The molecule has 0 bridgehead atoms. The fourth-order valence-electron chi connectivity index (χ4n) is 2.92. The number of aromatic nitrogens is 5. The van der Waals surface area contributed by atoms with E-state index in [1.807, 2.05) is 11.6 Å². The van der Waals surface area contributed by atoms with Crippen molar-refractivity contribution in [2.24, 2.45) is 0 Å². The normalized spacial score (nSPS) is 10.6. The average molecular weight is 365 g/mol. The standard InChI is InChI=1S/C18H19N7O2/c1-4-5-25-10(2)13(9-22-25)15-6-11(12(7-19)17(20)23-15)14-8-21-24-16(14)18(26)27-3/h6,8-9H,4-5H2,1-3H3,(H2,20,23)(H,21,24). The highest BCUT2D eigenvalue weighted by Crippen LogP contribution is 2.33. The van der Waals surface area contributed by atoms with Gasteiger partial charge in [0.25, 0.3) is 0 Å². The number of rotatable bonds is 5. The van der Waals surface area contributed by atoms with Crippen LogP contribution in [0.4, 0.5) is 5.82 Å². The molecule has 0 radical (unpaired) electrons. The second-order valence-electron chi connectivity index (χ2n) is 5.94. The summed E-state index contributed by atoms with van der Waals surface area (Å²) < 4.78 is 6.66. The number of aryl methyl sites for hydroxylation is 1. The number of carbonyl (C=O) groups excluding carboxylic acids is 1. The summed E-state index contributed by atoms with van der Waals surface area (Å²) in [7, 11) is 1.27. The third-order valence-corrected chi connectivity index (χ3v) is 4.29. The van der Waals surface area contributed by atoms with Crippen LogP contribution in [0.25, 0.3) is 22.4 Å². The number of nitrogens with zero attached hydrogens (tertiary/aromatic N) is 5. The molecule has 0 saturated heterocycles. The first kappa shape index (κ1) is 18.1. The van der Waals surface area contributed by atoms with Crippen LogP contribution < -0.4 is 5.73 Å². The minimum Gasteiger partial charge on any atom is -0.464 e. The summed E-state index contributed by atoms with van der Waals surface area (Å²) in [4.78, 5) is 16.4. The maximum absolute atomic E-state index is 12.0. The molecular formula is C18H19N7O2. The quantitative estimate of drug-likeness (QED) is 0.662. The first-order chi connectivity index (χ1) is 13.0. The zero-order valence-electron chi connectivity index (χ0n) is 15.3. The van der Waals surface area contributed by atoms with Crippen molar-refractivity contribution < 1.29 is 9.53 Å². The molecule has 9 heteroatoms. The van der Waals surface area contributed by atoms with Gasteiger partial charge in [-0.05, 0) is 19.4 Å². The van der Waals surface area contributed by atoms with Gasteiger partial charge in [0.1, 0.15) is 17.5 Å². The Balaban J connectivity index is 2.21. The molecule has 0 aliphatic rings. The Labute approximate surface area is 155 Å². The molecular weight excluding hydrogens is 346 g/mol. The lowest BCUT2D eigenvalue weighted by molar-refractivity contribution is 0.0595. The van der Waals surface area contributed by atoms with E-state index < -0.39 is 5.97 Å². The highest BCUT2D eigenvalue weighted by atomic mass is 16.5. The number of nitrogens with one attached hydrogen (secondary N) is 1. The minimum atomic E-state index is -0.588. The zero-order chi connectivity index (χ0) is 19.6. The Kier molecular flexibility index (Phi) is 4.90. The van der Waals surface area contributed by atoms with Gasteiger partial charge in [0, 0.05) is 28.9 Å². The van der Waals surface area contributed by atoms with Crippen LogP contribution in [0.2, 0.25) is 0 Å². The van der Waals surface area contributed by atoms with E-state index in [1.54, 1.807) is 12.3 Å². The number of aromatic amines is 1. The average Bonchev–Trinajstić information content (AvgIpc) is 3.28. The topological polar surface area (TPSA) is 136 Å². The lowest BCUT2D eigenvalue weighted by Gasteiger charge is -2.10. The Morgan fingerprint density at radius 3 is 2.81 bits per heavy atom. The molecule has 0 spiro atoms. The van der Waals surface area contributed by atoms with Crippen LogP contribution in [0, 0.1) is 18.3 Å². The van der Waals surface area contributed by atoms with E-state index in [-0.39, 0.29) is 17.1 Å². The summed E-state index contributed by atoms with van der Waals surface area (Å²) >= 11 is 0. The highest BCUT2D eigenvalue weighted by molar-refractivity contribution is 5.97. The van der Waals surface area contributed by atoms with Crippen LogP contribution in [0.1, 0.15) is 35.1 Å². The van der Waals surface area contributed by atoms with Gasteiger partial charge in [-0.1, -0.05) is 6.92 Å². The number of pyridine rings is 1. The van der Waals surface area contributed by atoms with Gasteiger partial charge in [0.15, 0.2) is 5.69 Å². The summed E-state index contributed by atoms with van der Waals surface area (Å²) in [5.74, 6) is -0.514. The first-order valence-electron chi connectivity index (χ1n) is 8.37. The van der Waals surface area contributed by atoms with Crippen molar-refractivity contribution in [2.75, 3.05) is 12.8 Å². The second-order valence-corrected chi connectivity index (χ2v) is 5.94. The molecule has 0 aromatic carbocycles. The minimum absolute atomic E-state index is 0.0738. The van der Waals surface area contributed by atoms with Crippen molar-refractivity contribution in [3.63, 3.8) is 0 Å². The van der Waals surface area contributed by atoms with Crippen molar-refractivity contribution in [1.82, 2.24) is 25.0 Å². The van der Waals surface area contributed by atoms with E-state index in [4.69, 9.17) is 10.5 Å². The highest BCUT2D eigenvalue weighted by Gasteiger charge is 2.22. The summed E-state index contributed by atoms with van der Waals surface area (Å²) in [5.41, 5.74) is 9.56. The molecule has 0 unspecified atom stereocenters.